The molecule has 6 heteroatoms. The van der Waals surface area contributed by atoms with Gasteiger partial charge in [-0.15, -0.1) is 11.3 Å². The molecule has 0 spiro atoms. The third kappa shape index (κ3) is 4.84. The maximum absolute atomic E-state index is 11.1. The zero-order valence-corrected chi connectivity index (χ0v) is 16.5. The molecule has 0 saturated heterocycles. The van der Waals surface area contributed by atoms with Crippen LogP contribution in [0, 0.1) is 11.3 Å². The normalized spacial score (nSPS) is 11.0. The number of hydrogen-bond acceptors (Lipinski definition) is 5. The number of carbonyl (C=O) groups excluding carboxylic acids is 1. The number of hydrogen-bond donors (Lipinski definition) is 2. The number of aryl methyl sites for hydroxylation is 1. The fourth-order valence-electron chi connectivity index (χ4n) is 2.59. The molecule has 0 bridgehead atoms. The van der Waals surface area contributed by atoms with Crippen molar-refractivity contribution in [3.8, 4) is 17.3 Å². The molecule has 0 aliphatic heterocycles. The predicted octanol–water partition coefficient (Wildman–Crippen LogP) is 5.31. The van der Waals surface area contributed by atoms with Gasteiger partial charge in [-0.05, 0) is 36.2 Å². The molecule has 3 rings (SSSR count). The second-order valence-electron chi connectivity index (χ2n) is 6.16. The number of nitrogens with zero attached hydrogens (tertiary/aromatic N) is 2. The number of nitriles is 1. The lowest BCUT2D eigenvalue weighted by atomic mass is 10.1. The number of anilines is 2. The molecule has 0 fully saturated rings. The Morgan fingerprint density at radius 3 is 2.43 bits per heavy atom. The van der Waals surface area contributed by atoms with E-state index in [1.807, 2.05) is 17.5 Å². The number of benzene rings is 2. The summed E-state index contributed by atoms with van der Waals surface area (Å²) in [7, 11) is 0. The summed E-state index contributed by atoms with van der Waals surface area (Å²) in [6, 6.07) is 17.8. The highest BCUT2D eigenvalue weighted by Gasteiger charge is 2.09. The highest BCUT2D eigenvalue weighted by Crippen LogP contribution is 2.26. The van der Waals surface area contributed by atoms with E-state index in [4.69, 9.17) is 0 Å². The summed E-state index contributed by atoms with van der Waals surface area (Å²) in [6.45, 7) is 3.59. The predicted molar refractivity (Wildman–Crippen MR) is 115 cm³/mol. The van der Waals surface area contributed by atoms with Crippen molar-refractivity contribution in [2.24, 2.45) is 0 Å². The van der Waals surface area contributed by atoms with Gasteiger partial charge in [0.25, 0.3) is 0 Å². The summed E-state index contributed by atoms with van der Waals surface area (Å²) in [5.74, 6) is -0.115. The quantitative estimate of drug-likeness (QED) is 0.561. The first-order chi connectivity index (χ1) is 13.6. The molecular formula is C22H20N4OS. The van der Waals surface area contributed by atoms with Crippen molar-refractivity contribution in [1.82, 2.24) is 4.98 Å². The molecule has 1 heterocycles. The molecule has 1 aromatic heterocycles. The van der Waals surface area contributed by atoms with Gasteiger partial charge in [0.1, 0.15) is 16.6 Å². The molecule has 0 aliphatic carbocycles. The Kier molecular flexibility index (Phi) is 6.20. The van der Waals surface area contributed by atoms with Crippen LogP contribution in [0.2, 0.25) is 0 Å². The van der Waals surface area contributed by atoms with E-state index in [1.54, 1.807) is 18.3 Å². The fraction of sp³-hybridized carbons (Fsp3) is 0.136. The smallest absolute Gasteiger partial charge is 0.221 e. The summed E-state index contributed by atoms with van der Waals surface area (Å²) in [5.41, 5.74) is 5.19. The van der Waals surface area contributed by atoms with E-state index in [2.05, 4.69) is 52.9 Å². The molecule has 2 N–H and O–H groups in total. The summed E-state index contributed by atoms with van der Waals surface area (Å²) in [6.07, 6.45) is 2.65. The topological polar surface area (TPSA) is 77.8 Å². The van der Waals surface area contributed by atoms with E-state index in [-0.39, 0.29) is 5.91 Å². The summed E-state index contributed by atoms with van der Waals surface area (Å²) >= 11 is 1.44. The van der Waals surface area contributed by atoms with Crippen LogP contribution in [0.15, 0.2) is 60.1 Å². The number of amides is 1. The number of rotatable bonds is 6. The van der Waals surface area contributed by atoms with Gasteiger partial charge in [0.15, 0.2) is 0 Å². The molecule has 140 valence electrons. The minimum atomic E-state index is -0.115. The van der Waals surface area contributed by atoms with E-state index >= 15 is 0 Å². The van der Waals surface area contributed by atoms with Crippen LogP contribution >= 0.6 is 11.3 Å². The van der Waals surface area contributed by atoms with Crippen LogP contribution in [0.4, 0.5) is 11.4 Å². The molecule has 28 heavy (non-hydrogen) atoms. The van der Waals surface area contributed by atoms with Crippen LogP contribution in [-0.4, -0.2) is 10.9 Å². The van der Waals surface area contributed by atoms with Gasteiger partial charge in [-0.3, -0.25) is 4.79 Å². The Balaban J connectivity index is 1.73. The van der Waals surface area contributed by atoms with E-state index in [0.717, 1.165) is 29.1 Å². The Hall–Kier alpha value is -3.43. The van der Waals surface area contributed by atoms with Gasteiger partial charge in [-0.25, -0.2) is 4.98 Å². The lowest BCUT2D eigenvalue weighted by Gasteiger charge is -2.04. The first kappa shape index (κ1) is 19.3. The van der Waals surface area contributed by atoms with Crippen molar-refractivity contribution in [2.45, 2.75) is 20.3 Å². The average molecular weight is 388 g/mol. The Labute approximate surface area is 168 Å². The molecule has 0 aliphatic rings. The maximum atomic E-state index is 11.1. The van der Waals surface area contributed by atoms with Crippen LogP contribution in [-0.2, 0) is 11.2 Å². The minimum Gasteiger partial charge on any atom is -0.360 e. The molecule has 3 aromatic rings. The van der Waals surface area contributed by atoms with Gasteiger partial charge in [-0.1, -0.05) is 31.2 Å². The highest BCUT2D eigenvalue weighted by molar-refractivity contribution is 7.11. The standard InChI is InChI=1S/C22H20N4OS/c1-3-16-4-6-17(7-5-16)21-14-28-22(26-21)18(12-23)13-24-19-8-10-20(11-9-19)25-15(2)27/h4-11,13-14,24H,3H2,1-2H3,(H,25,27)/b18-13-. The van der Waals surface area contributed by atoms with Crippen molar-refractivity contribution in [1.29, 1.82) is 5.26 Å². The fourth-order valence-corrected chi connectivity index (χ4v) is 3.39. The van der Waals surface area contributed by atoms with E-state index < -0.39 is 0 Å². The Morgan fingerprint density at radius 2 is 1.82 bits per heavy atom. The van der Waals surface area contributed by atoms with E-state index in [0.29, 0.717) is 10.6 Å². The van der Waals surface area contributed by atoms with Crippen molar-refractivity contribution in [2.75, 3.05) is 10.6 Å². The Bertz CT molecular complexity index is 1030. The Morgan fingerprint density at radius 1 is 1.14 bits per heavy atom. The van der Waals surface area contributed by atoms with Crippen LogP contribution in [0.3, 0.4) is 0 Å². The molecule has 0 radical (unpaired) electrons. The van der Waals surface area contributed by atoms with E-state index in [9.17, 15) is 10.1 Å². The molecule has 0 unspecified atom stereocenters. The van der Waals surface area contributed by atoms with Crippen molar-refractivity contribution < 1.29 is 4.79 Å². The van der Waals surface area contributed by atoms with E-state index in [1.165, 1.54) is 23.8 Å². The third-order valence-corrected chi connectivity index (χ3v) is 4.98. The number of carbonyl (C=O) groups is 1. The first-order valence-electron chi connectivity index (χ1n) is 8.88. The lowest BCUT2D eigenvalue weighted by molar-refractivity contribution is -0.114. The lowest BCUT2D eigenvalue weighted by Crippen LogP contribution is -2.05. The second-order valence-corrected chi connectivity index (χ2v) is 7.02. The van der Waals surface area contributed by atoms with Crippen LogP contribution in [0.25, 0.3) is 16.8 Å². The largest absolute Gasteiger partial charge is 0.360 e. The van der Waals surface area contributed by atoms with Gasteiger partial charge in [-0.2, -0.15) is 5.26 Å². The minimum absolute atomic E-state index is 0.115. The average Bonchev–Trinajstić information content (AvgIpc) is 3.19. The van der Waals surface area contributed by atoms with Gasteiger partial charge in [0.05, 0.1) is 5.69 Å². The SMILES string of the molecule is CCc1ccc(-c2csc(/C(C#N)=C\Nc3ccc(NC(C)=O)cc3)n2)cc1. The highest BCUT2D eigenvalue weighted by atomic mass is 32.1. The number of aromatic nitrogens is 1. The first-order valence-corrected chi connectivity index (χ1v) is 9.76. The van der Waals surface area contributed by atoms with Gasteiger partial charge < -0.3 is 10.6 Å². The molecule has 5 nitrogen and oxygen atoms in total. The molecule has 0 atom stereocenters. The maximum Gasteiger partial charge on any atom is 0.221 e. The van der Waals surface area contributed by atoms with Crippen LogP contribution in [0.1, 0.15) is 24.4 Å². The number of nitrogens with one attached hydrogen (secondary N) is 2. The zero-order valence-electron chi connectivity index (χ0n) is 15.7. The zero-order chi connectivity index (χ0) is 19.9. The monoisotopic (exact) mass is 388 g/mol. The summed E-state index contributed by atoms with van der Waals surface area (Å²) in [4.78, 5) is 15.7. The second kappa shape index (κ2) is 8.98. The molecule has 0 saturated carbocycles. The summed E-state index contributed by atoms with van der Waals surface area (Å²) in [5, 5.41) is 18.0. The van der Waals surface area contributed by atoms with Crippen LogP contribution in [0.5, 0.6) is 0 Å². The molecule has 2 aromatic carbocycles. The van der Waals surface area contributed by atoms with Crippen molar-refractivity contribution in [3.05, 3.63) is 70.7 Å². The van der Waals surface area contributed by atoms with Crippen LogP contribution < -0.4 is 10.6 Å². The van der Waals surface area contributed by atoms with Gasteiger partial charge in [0.2, 0.25) is 5.91 Å². The molecular weight excluding hydrogens is 368 g/mol. The summed E-state index contributed by atoms with van der Waals surface area (Å²) < 4.78 is 0. The third-order valence-electron chi connectivity index (χ3n) is 4.10. The van der Waals surface area contributed by atoms with Gasteiger partial charge >= 0.3 is 0 Å². The van der Waals surface area contributed by atoms with Crippen molar-refractivity contribution in [3.63, 3.8) is 0 Å². The molecule has 1 amide bonds. The number of thiazole rings is 1. The van der Waals surface area contributed by atoms with Crippen molar-refractivity contribution >= 4 is 34.2 Å². The number of allylic oxidation sites excluding steroid dienone is 1. The van der Waals surface area contributed by atoms with Gasteiger partial charge in [0, 0.05) is 35.4 Å².